The Labute approximate surface area is 123 Å². The summed E-state index contributed by atoms with van der Waals surface area (Å²) in [6.07, 6.45) is 9.11. The van der Waals surface area contributed by atoms with Gasteiger partial charge in [0.25, 0.3) is 0 Å². The molecular weight excluding hydrogens is 242 g/mol. The van der Waals surface area contributed by atoms with Gasteiger partial charge in [-0.1, -0.05) is 24.8 Å². The van der Waals surface area contributed by atoms with Crippen LogP contribution in [0.25, 0.3) is 0 Å². The van der Waals surface area contributed by atoms with E-state index in [0.717, 1.165) is 30.4 Å². The molecule has 2 N–H and O–H groups in total. The fraction of sp³-hybridized carbons (Fsp3) is 0.579. The van der Waals surface area contributed by atoms with Gasteiger partial charge in [0.2, 0.25) is 0 Å². The predicted molar refractivity (Wildman–Crippen MR) is 85.4 cm³/mol. The van der Waals surface area contributed by atoms with Gasteiger partial charge in [0, 0.05) is 17.7 Å². The van der Waals surface area contributed by atoms with E-state index in [0.29, 0.717) is 5.92 Å². The molecule has 0 aromatic heterocycles. The van der Waals surface area contributed by atoms with Crippen LogP contribution in [-0.4, -0.2) is 0 Å². The maximum absolute atomic E-state index is 5.95. The highest BCUT2D eigenvalue weighted by Gasteiger charge is 2.39. The lowest BCUT2D eigenvalue weighted by molar-refractivity contribution is 0.555. The maximum Gasteiger partial charge on any atom is 0.0326 e. The molecule has 106 valence electrons. The van der Waals surface area contributed by atoms with Crippen LogP contribution >= 0.6 is 0 Å². The molecule has 2 atom stereocenters. The Hall–Kier alpha value is -1.42. The quantitative estimate of drug-likeness (QED) is 0.609. The van der Waals surface area contributed by atoms with E-state index in [1.54, 1.807) is 0 Å². The Morgan fingerprint density at radius 1 is 1.15 bits per heavy atom. The van der Waals surface area contributed by atoms with Gasteiger partial charge in [0.1, 0.15) is 0 Å². The van der Waals surface area contributed by atoms with Gasteiger partial charge in [-0.3, -0.25) is 0 Å². The van der Waals surface area contributed by atoms with Gasteiger partial charge in [-0.05, 0) is 74.0 Å². The second kappa shape index (κ2) is 5.92. The van der Waals surface area contributed by atoms with Crippen molar-refractivity contribution in [2.45, 2.75) is 57.8 Å². The normalized spacial score (nSPS) is 27.9. The molecule has 0 radical (unpaired) electrons. The number of rotatable bonds is 2. The third kappa shape index (κ3) is 3.01. The molecule has 0 amide bonds. The van der Waals surface area contributed by atoms with Crippen LogP contribution in [0, 0.1) is 23.7 Å². The zero-order chi connectivity index (χ0) is 13.9. The summed E-state index contributed by atoms with van der Waals surface area (Å²) in [5.74, 6) is 9.44. The Balaban J connectivity index is 1.82. The lowest BCUT2D eigenvalue weighted by Gasteiger charge is -2.17. The van der Waals surface area contributed by atoms with Crippen molar-refractivity contribution in [1.82, 2.24) is 0 Å². The van der Waals surface area contributed by atoms with Crippen molar-refractivity contribution < 1.29 is 0 Å². The number of fused-ring (bicyclic) bond motifs is 1. The van der Waals surface area contributed by atoms with Crippen molar-refractivity contribution in [2.75, 3.05) is 5.73 Å². The molecule has 3 rings (SSSR count). The van der Waals surface area contributed by atoms with Gasteiger partial charge in [-0.25, -0.2) is 0 Å². The summed E-state index contributed by atoms with van der Waals surface area (Å²) >= 11 is 0. The first-order valence-electron chi connectivity index (χ1n) is 8.16. The van der Waals surface area contributed by atoms with Gasteiger partial charge in [0.15, 0.2) is 0 Å². The third-order valence-corrected chi connectivity index (χ3v) is 4.96. The van der Waals surface area contributed by atoms with Crippen molar-refractivity contribution in [3.05, 3.63) is 29.3 Å². The highest BCUT2D eigenvalue weighted by atomic mass is 14.5. The van der Waals surface area contributed by atoms with Crippen LogP contribution in [0.2, 0.25) is 0 Å². The molecule has 0 saturated heterocycles. The van der Waals surface area contributed by atoms with Gasteiger partial charge in [0.05, 0.1) is 0 Å². The summed E-state index contributed by atoms with van der Waals surface area (Å²) in [5.41, 5.74) is 9.42. The summed E-state index contributed by atoms with van der Waals surface area (Å²) in [7, 11) is 0. The van der Waals surface area contributed by atoms with Gasteiger partial charge in [-0.15, -0.1) is 0 Å². The standard InChI is InChI=1S/C19H25N/c1-2-3-4-5-17-13-18(20)10-11-19(17)14-6-8-15-12-16(15)9-7-14/h10-11,13-16H,2-3,6-9,12,20H2,1H3. The predicted octanol–water partition coefficient (Wildman–Crippen LogP) is 4.71. The molecular formula is C19H25N. The number of hydrogen-bond donors (Lipinski definition) is 1. The van der Waals surface area contributed by atoms with Crippen LogP contribution < -0.4 is 5.73 Å². The average molecular weight is 267 g/mol. The smallest absolute Gasteiger partial charge is 0.0326 e. The number of hydrogen-bond acceptors (Lipinski definition) is 1. The van der Waals surface area contributed by atoms with E-state index in [-0.39, 0.29) is 0 Å². The fourth-order valence-electron chi connectivity index (χ4n) is 3.62. The largest absolute Gasteiger partial charge is 0.399 e. The zero-order valence-corrected chi connectivity index (χ0v) is 12.5. The molecule has 0 aliphatic heterocycles. The molecule has 2 aliphatic carbocycles. The molecule has 1 aromatic rings. The fourth-order valence-corrected chi connectivity index (χ4v) is 3.62. The summed E-state index contributed by atoms with van der Waals surface area (Å²) < 4.78 is 0. The Kier molecular flexibility index (Phi) is 4.01. The van der Waals surface area contributed by atoms with Crippen LogP contribution in [0.3, 0.4) is 0 Å². The van der Waals surface area contributed by atoms with E-state index >= 15 is 0 Å². The van der Waals surface area contributed by atoms with E-state index in [4.69, 9.17) is 5.73 Å². The molecule has 1 nitrogen and oxygen atoms in total. The molecule has 20 heavy (non-hydrogen) atoms. The van der Waals surface area contributed by atoms with Crippen LogP contribution in [0.4, 0.5) is 5.69 Å². The first kappa shape index (κ1) is 13.6. The zero-order valence-electron chi connectivity index (χ0n) is 12.5. The minimum absolute atomic E-state index is 0.703. The summed E-state index contributed by atoms with van der Waals surface area (Å²) in [4.78, 5) is 0. The van der Waals surface area contributed by atoms with Crippen molar-refractivity contribution >= 4 is 5.69 Å². The Bertz CT molecular complexity index is 522. The number of anilines is 1. The second-order valence-electron chi connectivity index (χ2n) is 6.51. The van der Waals surface area contributed by atoms with Crippen LogP contribution in [-0.2, 0) is 0 Å². The lowest BCUT2D eigenvalue weighted by Crippen LogP contribution is -2.02. The monoisotopic (exact) mass is 267 g/mol. The Morgan fingerprint density at radius 3 is 2.60 bits per heavy atom. The number of nitrogens with two attached hydrogens (primary N) is 1. The Morgan fingerprint density at radius 2 is 1.90 bits per heavy atom. The topological polar surface area (TPSA) is 26.0 Å². The SMILES string of the molecule is CCCC#Cc1cc(N)ccc1C1CCC2CC2CC1. The minimum Gasteiger partial charge on any atom is -0.399 e. The molecule has 0 spiro atoms. The molecule has 2 saturated carbocycles. The molecule has 2 unspecified atom stereocenters. The summed E-state index contributed by atoms with van der Waals surface area (Å²) in [5, 5.41) is 0. The van der Waals surface area contributed by atoms with Crippen LogP contribution in [0.15, 0.2) is 18.2 Å². The van der Waals surface area contributed by atoms with Gasteiger partial charge in [-0.2, -0.15) is 0 Å². The van der Waals surface area contributed by atoms with Crippen LogP contribution in [0.1, 0.15) is 68.9 Å². The van der Waals surface area contributed by atoms with Crippen molar-refractivity contribution in [3.63, 3.8) is 0 Å². The second-order valence-corrected chi connectivity index (χ2v) is 6.51. The first-order valence-corrected chi connectivity index (χ1v) is 8.16. The average Bonchev–Trinajstić information content (AvgIpc) is 3.19. The minimum atomic E-state index is 0.703. The van der Waals surface area contributed by atoms with Gasteiger partial charge < -0.3 is 5.73 Å². The first-order chi connectivity index (χ1) is 9.78. The maximum atomic E-state index is 5.95. The number of unbranched alkanes of at least 4 members (excludes halogenated alkanes) is 1. The van der Waals surface area contributed by atoms with E-state index < -0.39 is 0 Å². The van der Waals surface area contributed by atoms with E-state index in [9.17, 15) is 0 Å². The van der Waals surface area contributed by atoms with E-state index in [1.165, 1.54) is 43.2 Å². The summed E-state index contributed by atoms with van der Waals surface area (Å²) in [6.45, 7) is 2.17. The molecule has 1 heteroatoms. The van der Waals surface area contributed by atoms with E-state index in [2.05, 4.69) is 30.9 Å². The molecule has 0 heterocycles. The highest BCUT2D eigenvalue weighted by Crippen LogP contribution is 2.51. The number of nitrogen functional groups attached to an aromatic ring is 1. The highest BCUT2D eigenvalue weighted by molar-refractivity contribution is 5.52. The lowest BCUT2D eigenvalue weighted by atomic mass is 9.87. The van der Waals surface area contributed by atoms with Crippen molar-refractivity contribution in [1.29, 1.82) is 0 Å². The van der Waals surface area contributed by atoms with Crippen LogP contribution in [0.5, 0.6) is 0 Å². The van der Waals surface area contributed by atoms with Crippen molar-refractivity contribution in [2.24, 2.45) is 11.8 Å². The molecule has 0 bridgehead atoms. The van der Waals surface area contributed by atoms with E-state index in [1.807, 2.05) is 6.07 Å². The molecule has 2 aliphatic rings. The van der Waals surface area contributed by atoms with Gasteiger partial charge >= 0.3 is 0 Å². The van der Waals surface area contributed by atoms with Crippen molar-refractivity contribution in [3.8, 4) is 11.8 Å². The number of benzene rings is 1. The molecule has 2 fully saturated rings. The third-order valence-electron chi connectivity index (χ3n) is 4.96. The molecule has 1 aromatic carbocycles. The summed E-state index contributed by atoms with van der Waals surface area (Å²) in [6, 6.07) is 6.35.